The van der Waals surface area contributed by atoms with Crippen LogP contribution < -0.4 is 18.9 Å². The molecule has 0 unspecified atom stereocenters. The average molecular weight is 288 g/mol. The maximum atomic E-state index is 10.8. The lowest BCUT2D eigenvalue weighted by molar-refractivity contribution is 0.112. The van der Waals surface area contributed by atoms with Gasteiger partial charge in [0.25, 0.3) is 0 Å². The van der Waals surface area contributed by atoms with Crippen LogP contribution in [-0.4, -0.2) is 27.6 Å². The highest BCUT2D eigenvalue weighted by atomic mass is 16.5. The van der Waals surface area contributed by atoms with E-state index in [0.29, 0.717) is 34.3 Å². The highest BCUT2D eigenvalue weighted by molar-refractivity contribution is 5.75. The Labute approximate surface area is 123 Å². The van der Waals surface area contributed by atoms with Gasteiger partial charge in [0.1, 0.15) is 17.8 Å². The molecule has 110 valence electrons. The predicted octanol–water partition coefficient (Wildman–Crippen LogP) is 3.32. The predicted molar refractivity (Wildman–Crippen MR) is 78.0 cm³/mol. The summed E-state index contributed by atoms with van der Waals surface area (Å²) < 4.78 is 21.5. The van der Waals surface area contributed by atoms with Crippen LogP contribution >= 0.6 is 0 Å². The standard InChI is InChI=1S/C16H16O5/c1-18-14-8-13(9-15(19-2)16(14)20-3)21-12-6-4-5-11(7-12)10-17/h4-10H,1-3H3. The van der Waals surface area contributed by atoms with Crippen molar-refractivity contribution in [3.63, 3.8) is 0 Å². The Morgan fingerprint density at radius 3 is 2.05 bits per heavy atom. The van der Waals surface area contributed by atoms with Gasteiger partial charge in [0.2, 0.25) is 5.75 Å². The van der Waals surface area contributed by atoms with Crippen molar-refractivity contribution < 1.29 is 23.7 Å². The molecule has 2 rings (SSSR count). The third-order valence-electron chi connectivity index (χ3n) is 2.87. The van der Waals surface area contributed by atoms with Crippen LogP contribution in [-0.2, 0) is 0 Å². The Kier molecular flexibility index (Phi) is 4.66. The molecule has 0 atom stereocenters. The number of carbonyl (C=O) groups excluding carboxylic acids is 1. The summed E-state index contributed by atoms with van der Waals surface area (Å²) in [6, 6.07) is 10.2. The Bertz CT molecular complexity index is 611. The minimum absolute atomic E-state index is 0.494. The second-order valence-corrected chi connectivity index (χ2v) is 4.15. The first-order valence-electron chi connectivity index (χ1n) is 6.25. The first kappa shape index (κ1) is 14.7. The summed E-state index contributed by atoms with van der Waals surface area (Å²) in [5.74, 6) is 2.56. The van der Waals surface area contributed by atoms with Crippen molar-refractivity contribution in [3.8, 4) is 28.7 Å². The zero-order chi connectivity index (χ0) is 15.2. The molecule has 0 amide bonds. The molecule has 0 saturated carbocycles. The lowest BCUT2D eigenvalue weighted by Gasteiger charge is -2.14. The van der Waals surface area contributed by atoms with Crippen LogP contribution in [0.15, 0.2) is 36.4 Å². The first-order valence-corrected chi connectivity index (χ1v) is 6.25. The number of methoxy groups -OCH3 is 3. The fourth-order valence-corrected chi connectivity index (χ4v) is 1.90. The number of carbonyl (C=O) groups is 1. The second kappa shape index (κ2) is 6.65. The summed E-state index contributed by atoms with van der Waals surface area (Å²) >= 11 is 0. The molecule has 0 aromatic heterocycles. The molecule has 0 saturated heterocycles. The molecule has 0 aliphatic carbocycles. The largest absolute Gasteiger partial charge is 0.493 e. The van der Waals surface area contributed by atoms with Crippen molar-refractivity contribution in [1.82, 2.24) is 0 Å². The van der Waals surface area contributed by atoms with Crippen LogP contribution in [0.5, 0.6) is 28.7 Å². The SMILES string of the molecule is COc1cc(Oc2cccc(C=O)c2)cc(OC)c1OC. The zero-order valence-corrected chi connectivity index (χ0v) is 12.1. The minimum Gasteiger partial charge on any atom is -0.493 e. The quantitative estimate of drug-likeness (QED) is 0.763. The number of ether oxygens (including phenoxy) is 4. The average Bonchev–Trinajstić information content (AvgIpc) is 2.53. The van der Waals surface area contributed by atoms with Gasteiger partial charge in [0.15, 0.2) is 11.5 Å². The molecule has 0 bridgehead atoms. The van der Waals surface area contributed by atoms with E-state index in [4.69, 9.17) is 18.9 Å². The summed E-state index contributed by atoms with van der Waals surface area (Å²) in [7, 11) is 4.61. The summed E-state index contributed by atoms with van der Waals surface area (Å²) in [5.41, 5.74) is 0.542. The number of hydrogen-bond acceptors (Lipinski definition) is 5. The fraction of sp³-hybridized carbons (Fsp3) is 0.188. The van der Waals surface area contributed by atoms with Crippen LogP contribution in [0.3, 0.4) is 0 Å². The molecular weight excluding hydrogens is 272 g/mol. The van der Waals surface area contributed by atoms with E-state index >= 15 is 0 Å². The van der Waals surface area contributed by atoms with Crippen molar-refractivity contribution in [2.75, 3.05) is 21.3 Å². The van der Waals surface area contributed by atoms with Crippen molar-refractivity contribution in [3.05, 3.63) is 42.0 Å². The molecule has 0 heterocycles. The Hall–Kier alpha value is -2.69. The molecule has 2 aromatic rings. The van der Waals surface area contributed by atoms with Crippen molar-refractivity contribution in [2.24, 2.45) is 0 Å². The monoisotopic (exact) mass is 288 g/mol. The fourth-order valence-electron chi connectivity index (χ4n) is 1.90. The van der Waals surface area contributed by atoms with Crippen LogP contribution in [0.4, 0.5) is 0 Å². The van der Waals surface area contributed by atoms with Crippen LogP contribution in [0.25, 0.3) is 0 Å². The Morgan fingerprint density at radius 2 is 1.52 bits per heavy atom. The number of rotatable bonds is 6. The molecule has 0 N–H and O–H groups in total. The minimum atomic E-state index is 0.494. The van der Waals surface area contributed by atoms with Crippen LogP contribution in [0.1, 0.15) is 10.4 Å². The van der Waals surface area contributed by atoms with Gasteiger partial charge in [-0.15, -0.1) is 0 Å². The van der Waals surface area contributed by atoms with Crippen molar-refractivity contribution in [2.45, 2.75) is 0 Å². The summed E-state index contributed by atoms with van der Waals surface area (Å²) in [6.07, 6.45) is 0.766. The van der Waals surface area contributed by atoms with E-state index in [1.165, 1.54) is 21.3 Å². The number of aldehydes is 1. The molecular formula is C16H16O5. The van der Waals surface area contributed by atoms with E-state index < -0.39 is 0 Å². The third-order valence-corrected chi connectivity index (χ3v) is 2.87. The van der Waals surface area contributed by atoms with Gasteiger partial charge in [-0.3, -0.25) is 4.79 Å². The summed E-state index contributed by atoms with van der Waals surface area (Å²) in [5, 5.41) is 0. The molecule has 5 nitrogen and oxygen atoms in total. The van der Waals surface area contributed by atoms with Crippen LogP contribution in [0, 0.1) is 0 Å². The molecule has 2 aromatic carbocycles. The van der Waals surface area contributed by atoms with Gasteiger partial charge >= 0.3 is 0 Å². The van der Waals surface area contributed by atoms with E-state index in [2.05, 4.69) is 0 Å². The summed E-state index contributed by atoms with van der Waals surface area (Å²) in [4.78, 5) is 10.8. The van der Waals surface area contributed by atoms with E-state index in [0.717, 1.165) is 6.29 Å². The molecule has 0 fully saturated rings. The number of hydrogen-bond donors (Lipinski definition) is 0. The third kappa shape index (κ3) is 3.25. The topological polar surface area (TPSA) is 54.0 Å². The smallest absolute Gasteiger partial charge is 0.203 e. The number of benzene rings is 2. The zero-order valence-electron chi connectivity index (χ0n) is 12.1. The summed E-state index contributed by atoms with van der Waals surface area (Å²) in [6.45, 7) is 0. The molecule has 0 aliphatic heterocycles. The lowest BCUT2D eigenvalue weighted by atomic mass is 10.2. The van der Waals surface area contributed by atoms with Gasteiger partial charge < -0.3 is 18.9 Å². The molecule has 0 aliphatic rings. The first-order chi connectivity index (χ1) is 10.2. The van der Waals surface area contributed by atoms with Gasteiger partial charge in [-0.05, 0) is 12.1 Å². The Morgan fingerprint density at radius 1 is 0.857 bits per heavy atom. The van der Waals surface area contributed by atoms with Gasteiger partial charge in [-0.1, -0.05) is 12.1 Å². The van der Waals surface area contributed by atoms with Gasteiger partial charge in [0, 0.05) is 17.7 Å². The van der Waals surface area contributed by atoms with E-state index in [9.17, 15) is 4.79 Å². The van der Waals surface area contributed by atoms with Gasteiger partial charge in [-0.2, -0.15) is 0 Å². The second-order valence-electron chi connectivity index (χ2n) is 4.15. The van der Waals surface area contributed by atoms with E-state index in [1.807, 2.05) is 0 Å². The molecule has 5 heteroatoms. The van der Waals surface area contributed by atoms with E-state index in [-0.39, 0.29) is 0 Å². The maximum absolute atomic E-state index is 10.8. The normalized spacial score (nSPS) is 9.86. The van der Waals surface area contributed by atoms with Crippen molar-refractivity contribution in [1.29, 1.82) is 0 Å². The highest BCUT2D eigenvalue weighted by Gasteiger charge is 2.14. The lowest BCUT2D eigenvalue weighted by Crippen LogP contribution is -1.96. The highest BCUT2D eigenvalue weighted by Crippen LogP contribution is 2.41. The van der Waals surface area contributed by atoms with E-state index in [1.54, 1.807) is 36.4 Å². The Balaban J connectivity index is 2.37. The molecule has 0 radical (unpaired) electrons. The molecule has 21 heavy (non-hydrogen) atoms. The van der Waals surface area contributed by atoms with Crippen LogP contribution in [0.2, 0.25) is 0 Å². The maximum Gasteiger partial charge on any atom is 0.203 e. The van der Waals surface area contributed by atoms with Gasteiger partial charge in [0.05, 0.1) is 21.3 Å². The van der Waals surface area contributed by atoms with Crippen molar-refractivity contribution >= 4 is 6.29 Å². The molecule has 0 spiro atoms. The van der Waals surface area contributed by atoms with Gasteiger partial charge in [-0.25, -0.2) is 0 Å².